The molecule has 5 heteroatoms. The molecule has 0 radical (unpaired) electrons. The Morgan fingerprint density at radius 2 is 1.81 bits per heavy atom. The average molecular weight is 363 g/mol. The van der Waals surface area contributed by atoms with Crippen LogP contribution in [0.4, 0.5) is 0 Å². The molecule has 0 saturated heterocycles. The second-order valence-electron chi connectivity index (χ2n) is 6.48. The lowest BCUT2D eigenvalue weighted by molar-refractivity contribution is 0.0794. The molecule has 2 aromatic carbocycles. The summed E-state index contributed by atoms with van der Waals surface area (Å²) in [7, 11) is 3.48. The lowest BCUT2D eigenvalue weighted by Crippen LogP contribution is -2.27. The number of unbranched alkanes of at least 4 members (excludes halogenated alkanes) is 1. The van der Waals surface area contributed by atoms with Crippen LogP contribution in [0.15, 0.2) is 60.8 Å². The van der Waals surface area contributed by atoms with Crippen LogP contribution in [0.25, 0.3) is 16.9 Å². The lowest BCUT2D eigenvalue weighted by Gasteiger charge is -2.16. The number of benzene rings is 2. The van der Waals surface area contributed by atoms with Crippen molar-refractivity contribution >= 4 is 5.91 Å². The fourth-order valence-corrected chi connectivity index (χ4v) is 2.91. The zero-order chi connectivity index (χ0) is 19.2. The number of hydrogen-bond acceptors (Lipinski definition) is 3. The summed E-state index contributed by atoms with van der Waals surface area (Å²) >= 11 is 0. The minimum absolute atomic E-state index is 0.0172. The van der Waals surface area contributed by atoms with E-state index in [1.165, 1.54) is 0 Å². The van der Waals surface area contributed by atoms with Crippen molar-refractivity contribution in [2.45, 2.75) is 19.8 Å². The summed E-state index contributed by atoms with van der Waals surface area (Å²) in [5.41, 5.74) is 3.08. The fourth-order valence-electron chi connectivity index (χ4n) is 2.91. The van der Waals surface area contributed by atoms with Crippen molar-refractivity contribution in [3.63, 3.8) is 0 Å². The number of ether oxygens (including phenoxy) is 1. The highest BCUT2D eigenvalue weighted by atomic mass is 16.5. The summed E-state index contributed by atoms with van der Waals surface area (Å²) in [5.74, 6) is 0.755. The molecule has 3 aromatic rings. The minimum atomic E-state index is -0.0172. The van der Waals surface area contributed by atoms with Gasteiger partial charge in [-0.3, -0.25) is 4.79 Å². The molecule has 0 spiro atoms. The quantitative estimate of drug-likeness (QED) is 0.624. The van der Waals surface area contributed by atoms with Crippen molar-refractivity contribution in [1.29, 1.82) is 0 Å². The van der Waals surface area contributed by atoms with E-state index in [-0.39, 0.29) is 5.91 Å². The first-order chi connectivity index (χ1) is 13.1. The molecule has 27 heavy (non-hydrogen) atoms. The third-order valence-electron chi connectivity index (χ3n) is 4.52. The highest BCUT2D eigenvalue weighted by molar-refractivity contribution is 5.99. The fraction of sp³-hybridized carbons (Fsp3) is 0.273. The first kappa shape index (κ1) is 18.7. The van der Waals surface area contributed by atoms with Crippen molar-refractivity contribution in [2.24, 2.45) is 0 Å². The maximum Gasteiger partial charge on any atom is 0.257 e. The summed E-state index contributed by atoms with van der Waals surface area (Å²) in [6, 6.07) is 17.4. The van der Waals surface area contributed by atoms with Gasteiger partial charge in [-0.25, -0.2) is 4.68 Å². The molecule has 0 aliphatic rings. The Labute approximate surface area is 160 Å². The lowest BCUT2D eigenvalue weighted by atomic mass is 10.1. The molecular formula is C22H25N3O2. The van der Waals surface area contributed by atoms with Gasteiger partial charge < -0.3 is 9.64 Å². The number of carbonyl (C=O) groups excluding carboxylic acids is 1. The molecule has 140 valence electrons. The number of hydrogen-bond donors (Lipinski definition) is 0. The smallest absolute Gasteiger partial charge is 0.257 e. The van der Waals surface area contributed by atoms with E-state index in [2.05, 4.69) is 6.92 Å². The van der Waals surface area contributed by atoms with Crippen LogP contribution in [-0.2, 0) is 0 Å². The minimum Gasteiger partial charge on any atom is -0.497 e. The molecule has 0 atom stereocenters. The number of amides is 1. The predicted octanol–water partition coefficient (Wildman–Crippen LogP) is 4.42. The molecule has 1 aromatic heterocycles. The number of methoxy groups -OCH3 is 1. The molecular weight excluding hydrogens is 338 g/mol. The SMILES string of the molecule is CCCCN(C)C(=O)c1cn(-c2ccccc2)nc1-c1ccc(OC)cc1. The topological polar surface area (TPSA) is 47.4 Å². The number of para-hydroxylation sites is 1. The Kier molecular flexibility index (Phi) is 5.91. The standard InChI is InChI=1S/C22H25N3O2/c1-4-5-15-24(2)22(26)20-16-25(18-9-7-6-8-10-18)23-21(20)17-11-13-19(27-3)14-12-17/h6-14,16H,4-5,15H2,1-3H3. The van der Waals surface area contributed by atoms with Gasteiger partial charge in [-0.15, -0.1) is 0 Å². The predicted molar refractivity (Wildman–Crippen MR) is 107 cm³/mol. The van der Waals surface area contributed by atoms with E-state index in [0.717, 1.165) is 36.4 Å². The third-order valence-corrected chi connectivity index (χ3v) is 4.52. The van der Waals surface area contributed by atoms with E-state index in [4.69, 9.17) is 9.84 Å². The number of nitrogens with zero attached hydrogens (tertiary/aromatic N) is 3. The monoisotopic (exact) mass is 363 g/mol. The molecule has 0 unspecified atom stereocenters. The van der Waals surface area contributed by atoms with Gasteiger partial charge in [0.2, 0.25) is 0 Å². The Bertz CT molecular complexity index is 886. The van der Waals surface area contributed by atoms with E-state index < -0.39 is 0 Å². The Morgan fingerprint density at radius 3 is 2.44 bits per heavy atom. The summed E-state index contributed by atoms with van der Waals surface area (Å²) < 4.78 is 7.00. The van der Waals surface area contributed by atoms with Crippen LogP contribution < -0.4 is 4.74 Å². The maximum absolute atomic E-state index is 13.1. The van der Waals surface area contributed by atoms with Crippen LogP contribution in [0.3, 0.4) is 0 Å². The average Bonchev–Trinajstić information content (AvgIpc) is 3.17. The van der Waals surface area contributed by atoms with Crippen molar-refractivity contribution < 1.29 is 9.53 Å². The number of carbonyl (C=O) groups is 1. The zero-order valence-electron chi connectivity index (χ0n) is 16.1. The second kappa shape index (κ2) is 8.54. The van der Waals surface area contributed by atoms with Gasteiger partial charge >= 0.3 is 0 Å². The van der Waals surface area contributed by atoms with Crippen molar-refractivity contribution in [2.75, 3.05) is 20.7 Å². The molecule has 0 N–H and O–H groups in total. The van der Waals surface area contributed by atoms with Crippen LogP contribution in [-0.4, -0.2) is 41.3 Å². The van der Waals surface area contributed by atoms with Crippen LogP contribution in [0.5, 0.6) is 5.75 Å². The third kappa shape index (κ3) is 4.19. The van der Waals surface area contributed by atoms with Gasteiger partial charge in [-0.1, -0.05) is 31.5 Å². The van der Waals surface area contributed by atoms with Gasteiger partial charge in [-0.05, 0) is 42.8 Å². The van der Waals surface area contributed by atoms with Crippen molar-refractivity contribution in [3.8, 4) is 22.7 Å². The van der Waals surface area contributed by atoms with Crippen LogP contribution in [0, 0.1) is 0 Å². The van der Waals surface area contributed by atoms with Gasteiger partial charge in [0.1, 0.15) is 11.4 Å². The molecule has 0 bridgehead atoms. The molecule has 3 rings (SSSR count). The highest BCUT2D eigenvalue weighted by Gasteiger charge is 2.21. The van der Waals surface area contributed by atoms with Gasteiger partial charge in [0.05, 0.1) is 18.4 Å². The second-order valence-corrected chi connectivity index (χ2v) is 6.48. The summed E-state index contributed by atoms with van der Waals surface area (Å²) in [6.45, 7) is 2.85. The zero-order valence-corrected chi connectivity index (χ0v) is 16.1. The maximum atomic E-state index is 13.1. The van der Waals surface area contributed by atoms with E-state index >= 15 is 0 Å². The van der Waals surface area contributed by atoms with Crippen LogP contribution in [0.2, 0.25) is 0 Å². The van der Waals surface area contributed by atoms with Crippen LogP contribution in [0.1, 0.15) is 30.1 Å². The van der Waals surface area contributed by atoms with E-state index in [1.807, 2.05) is 67.8 Å². The highest BCUT2D eigenvalue weighted by Crippen LogP contribution is 2.26. The van der Waals surface area contributed by atoms with Crippen molar-refractivity contribution in [3.05, 3.63) is 66.4 Å². The van der Waals surface area contributed by atoms with Gasteiger partial charge in [0.15, 0.2) is 0 Å². The molecule has 0 aliphatic heterocycles. The van der Waals surface area contributed by atoms with Gasteiger partial charge in [-0.2, -0.15) is 5.10 Å². The Morgan fingerprint density at radius 1 is 1.11 bits per heavy atom. The first-order valence-corrected chi connectivity index (χ1v) is 9.19. The largest absolute Gasteiger partial charge is 0.497 e. The van der Waals surface area contributed by atoms with Crippen LogP contribution >= 0.6 is 0 Å². The van der Waals surface area contributed by atoms with E-state index in [0.29, 0.717) is 11.3 Å². The molecule has 0 aliphatic carbocycles. The van der Waals surface area contributed by atoms with E-state index in [1.54, 1.807) is 16.7 Å². The molecule has 0 saturated carbocycles. The normalized spacial score (nSPS) is 10.6. The Balaban J connectivity index is 2.03. The summed E-state index contributed by atoms with van der Waals surface area (Å²) in [6.07, 6.45) is 3.85. The summed E-state index contributed by atoms with van der Waals surface area (Å²) in [4.78, 5) is 14.8. The molecule has 0 fully saturated rings. The molecule has 1 amide bonds. The number of aromatic nitrogens is 2. The summed E-state index contributed by atoms with van der Waals surface area (Å²) in [5, 5.41) is 4.72. The van der Waals surface area contributed by atoms with Crippen molar-refractivity contribution in [1.82, 2.24) is 14.7 Å². The molecule has 5 nitrogen and oxygen atoms in total. The van der Waals surface area contributed by atoms with E-state index in [9.17, 15) is 4.79 Å². The van der Waals surface area contributed by atoms with Gasteiger partial charge in [0, 0.05) is 25.4 Å². The number of rotatable bonds is 7. The first-order valence-electron chi connectivity index (χ1n) is 9.19. The van der Waals surface area contributed by atoms with Gasteiger partial charge in [0.25, 0.3) is 5.91 Å². The Hall–Kier alpha value is -3.08. The molecule has 1 heterocycles.